The van der Waals surface area contributed by atoms with Gasteiger partial charge in [-0.15, -0.1) is 11.3 Å². The number of carboxylic acid groups (broad SMARTS) is 1. The first-order valence-corrected chi connectivity index (χ1v) is 9.69. The van der Waals surface area contributed by atoms with Gasteiger partial charge in [-0.1, -0.05) is 18.2 Å². The Hall–Kier alpha value is -2.86. The molecule has 6 heteroatoms. The van der Waals surface area contributed by atoms with E-state index < -0.39 is 5.97 Å². The molecule has 0 spiro atoms. The predicted molar refractivity (Wildman–Crippen MR) is 109 cm³/mol. The Labute approximate surface area is 161 Å². The monoisotopic (exact) mass is 380 g/mol. The predicted octanol–water partition coefficient (Wildman–Crippen LogP) is 5.18. The van der Waals surface area contributed by atoms with Crippen molar-refractivity contribution < 1.29 is 14.6 Å². The number of fused-ring (bicyclic) bond motifs is 1. The summed E-state index contributed by atoms with van der Waals surface area (Å²) in [5.41, 5.74) is 2.67. The number of aromatic carboxylic acids is 1. The van der Waals surface area contributed by atoms with Gasteiger partial charge in [-0.2, -0.15) is 0 Å². The number of hydrogen-bond donors (Lipinski definition) is 2. The average Bonchev–Trinajstić information content (AvgIpc) is 3.35. The van der Waals surface area contributed by atoms with Crippen LogP contribution in [0.15, 0.2) is 42.6 Å². The number of carboxylic acids is 1. The normalized spacial score (nSPS) is 13.6. The Bertz CT molecular complexity index is 1020. The first-order chi connectivity index (χ1) is 13.2. The molecule has 0 amide bonds. The van der Waals surface area contributed by atoms with Gasteiger partial charge in [-0.05, 0) is 48.6 Å². The molecule has 2 heterocycles. The molecule has 27 heavy (non-hydrogen) atoms. The van der Waals surface area contributed by atoms with Crippen molar-refractivity contribution in [3.8, 4) is 5.75 Å². The second-order valence-corrected chi connectivity index (χ2v) is 7.55. The summed E-state index contributed by atoms with van der Waals surface area (Å²) >= 11 is 1.54. The molecular weight excluding hydrogens is 360 g/mol. The maximum Gasteiger partial charge on any atom is 0.338 e. The summed E-state index contributed by atoms with van der Waals surface area (Å²) < 4.78 is 5.96. The second-order valence-electron chi connectivity index (χ2n) is 6.50. The maximum atomic E-state index is 11.6. The Balaban J connectivity index is 1.67. The van der Waals surface area contributed by atoms with E-state index in [1.807, 2.05) is 24.3 Å². The van der Waals surface area contributed by atoms with Crippen LogP contribution in [-0.2, 0) is 6.54 Å². The fourth-order valence-corrected chi connectivity index (χ4v) is 4.53. The standard InChI is InChI=1S/C21H20N2O3S/c1-26-15-8-6-13(7-9-15)11-22-20-16-10-18(14-4-2-3-5-14)27-19(16)17(12-23-20)21(24)25/h4,6-10,12H,2-3,5,11H2,1H3,(H,22,23)(H,24,25). The highest BCUT2D eigenvalue weighted by molar-refractivity contribution is 7.20. The third kappa shape index (κ3) is 3.53. The van der Waals surface area contributed by atoms with Crippen LogP contribution in [-0.4, -0.2) is 23.2 Å². The zero-order valence-corrected chi connectivity index (χ0v) is 15.8. The molecule has 2 aromatic heterocycles. The highest BCUT2D eigenvalue weighted by Gasteiger charge is 2.18. The van der Waals surface area contributed by atoms with Crippen molar-refractivity contribution in [2.45, 2.75) is 25.8 Å². The smallest absolute Gasteiger partial charge is 0.338 e. The SMILES string of the molecule is COc1ccc(CNc2ncc(C(=O)O)c3sc(C4=CCCC4)cc23)cc1. The number of methoxy groups -OCH3 is 1. The zero-order valence-electron chi connectivity index (χ0n) is 15.0. The van der Waals surface area contributed by atoms with Gasteiger partial charge >= 0.3 is 5.97 Å². The minimum atomic E-state index is -0.942. The van der Waals surface area contributed by atoms with Crippen molar-refractivity contribution in [2.75, 3.05) is 12.4 Å². The molecule has 1 aliphatic rings. The molecule has 0 atom stereocenters. The quantitative estimate of drug-likeness (QED) is 0.616. The summed E-state index contributed by atoms with van der Waals surface area (Å²) in [5.74, 6) is 0.590. The second kappa shape index (κ2) is 7.40. The Kier molecular flexibility index (Phi) is 4.81. The van der Waals surface area contributed by atoms with Crippen molar-refractivity contribution in [1.29, 1.82) is 0 Å². The van der Waals surface area contributed by atoms with E-state index >= 15 is 0 Å². The number of hydrogen-bond acceptors (Lipinski definition) is 5. The third-order valence-corrected chi connectivity index (χ3v) is 6.01. The van der Waals surface area contributed by atoms with Crippen LogP contribution < -0.4 is 10.1 Å². The number of thiophene rings is 1. The average molecular weight is 380 g/mol. The van der Waals surface area contributed by atoms with Crippen molar-refractivity contribution in [3.05, 3.63) is 58.6 Å². The lowest BCUT2D eigenvalue weighted by atomic mass is 10.1. The molecule has 1 aliphatic carbocycles. The number of nitrogens with zero attached hydrogens (tertiary/aromatic N) is 1. The van der Waals surface area contributed by atoms with Gasteiger partial charge in [-0.25, -0.2) is 9.78 Å². The largest absolute Gasteiger partial charge is 0.497 e. The van der Waals surface area contributed by atoms with Gasteiger partial charge in [0.15, 0.2) is 0 Å². The number of allylic oxidation sites excluding steroid dienone is 2. The maximum absolute atomic E-state index is 11.6. The summed E-state index contributed by atoms with van der Waals surface area (Å²) in [4.78, 5) is 17.1. The van der Waals surface area contributed by atoms with Crippen LogP contribution in [0.2, 0.25) is 0 Å². The van der Waals surface area contributed by atoms with Crippen LogP contribution in [0.5, 0.6) is 5.75 Å². The van der Waals surface area contributed by atoms with E-state index in [0.29, 0.717) is 12.4 Å². The molecule has 0 bridgehead atoms. The summed E-state index contributed by atoms with van der Waals surface area (Å²) in [7, 11) is 1.64. The Morgan fingerprint density at radius 3 is 2.81 bits per heavy atom. The summed E-state index contributed by atoms with van der Waals surface area (Å²) in [5, 5.41) is 13.8. The molecule has 5 nitrogen and oxygen atoms in total. The number of pyridine rings is 1. The third-order valence-electron chi connectivity index (χ3n) is 4.76. The molecule has 0 saturated carbocycles. The molecule has 0 radical (unpaired) electrons. The number of aromatic nitrogens is 1. The lowest BCUT2D eigenvalue weighted by Gasteiger charge is -2.08. The van der Waals surface area contributed by atoms with Crippen LogP contribution in [0.3, 0.4) is 0 Å². The first kappa shape index (κ1) is 17.5. The van der Waals surface area contributed by atoms with Crippen LogP contribution in [0, 0.1) is 0 Å². The number of nitrogens with one attached hydrogen (secondary N) is 1. The summed E-state index contributed by atoms with van der Waals surface area (Å²) in [6, 6.07) is 9.91. The fraction of sp³-hybridized carbons (Fsp3) is 0.238. The lowest BCUT2D eigenvalue weighted by molar-refractivity contribution is 0.0699. The van der Waals surface area contributed by atoms with Gasteiger partial charge in [0.05, 0.1) is 17.4 Å². The molecule has 1 aromatic carbocycles. The van der Waals surface area contributed by atoms with Crippen LogP contribution in [0.4, 0.5) is 5.82 Å². The van der Waals surface area contributed by atoms with Crippen LogP contribution in [0.25, 0.3) is 15.7 Å². The first-order valence-electron chi connectivity index (χ1n) is 8.88. The van der Waals surface area contributed by atoms with E-state index in [-0.39, 0.29) is 5.56 Å². The van der Waals surface area contributed by atoms with Crippen molar-refractivity contribution in [2.24, 2.45) is 0 Å². The van der Waals surface area contributed by atoms with E-state index in [2.05, 4.69) is 22.4 Å². The van der Waals surface area contributed by atoms with Crippen molar-refractivity contribution in [3.63, 3.8) is 0 Å². The van der Waals surface area contributed by atoms with Crippen LogP contribution >= 0.6 is 11.3 Å². The minimum Gasteiger partial charge on any atom is -0.497 e. The van der Waals surface area contributed by atoms with Gasteiger partial charge in [0.25, 0.3) is 0 Å². The fourth-order valence-electron chi connectivity index (χ4n) is 3.30. The molecule has 0 fully saturated rings. The number of rotatable bonds is 6. The number of carbonyl (C=O) groups is 1. The Morgan fingerprint density at radius 2 is 2.15 bits per heavy atom. The molecule has 0 unspecified atom stereocenters. The highest BCUT2D eigenvalue weighted by atomic mass is 32.1. The van der Waals surface area contributed by atoms with Crippen molar-refractivity contribution >= 4 is 38.8 Å². The van der Waals surface area contributed by atoms with Gasteiger partial charge in [-0.3, -0.25) is 0 Å². The minimum absolute atomic E-state index is 0.259. The van der Waals surface area contributed by atoms with E-state index in [1.165, 1.54) is 11.8 Å². The summed E-state index contributed by atoms with van der Waals surface area (Å²) in [6.45, 7) is 0.604. The number of ether oxygens (including phenoxy) is 1. The van der Waals surface area contributed by atoms with Gasteiger partial charge < -0.3 is 15.2 Å². The molecule has 2 N–H and O–H groups in total. The van der Waals surface area contributed by atoms with Gasteiger partial charge in [0.2, 0.25) is 0 Å². The molecule has 138 valence electrons. The number of anilines is 1. The molecule has 4 rings (SSSR count). The van der Waals surface area contributed by atoms with Gasteiger partial charge in [0.1, 0.15) is 11.6 Å². The molecule has 0 saturated heterocycles. The molecular formula is C21H20N2O3S. The van der Waals surface area contributed by atoms with E-state index in [4.69, 9.17) is 4.74 Å². The zero-order chi connectivity index (χ0) is 18.8. The topological polar surface area (TPSA) is 71.5 Å². The molecule has 3 aromatic rings. The Morgan fingerprint density at radius 1 is 1.33 bits per heavy atom. The van der Waals surface area contributed by atoms with E-state index in [0.717, 1.165) is 45.5 Å². The number of benzene rings is 1. The van der Waals surface area contributed by atoms with Crippen molar-refractivity contribution in [1.82, 2.24) is 4.98 Å². The highest BCUT2D eigenvalue weighted by Crippen LogP contribution is 2.39. The van der Waals surface area contributed by atoms with E-state index in [9.17, 15) is 9.90 Å². The lowest BCUT2D eigenvalue weighted by Crippen LogP contribution is -2.04. The van der Waals surface area contributed by atoms with Gasteiger partial charge in [0, 0.05) is 23.0 Å². The van der Waals surface area contributed by atoms with Crippen LogP contribution in [0.1, 0.15) is 40.1 Å². The molecule has 0 aliphatic heterocycles. The van der Waals surface area contributed by atoms with E-state index in [1.54, 1.807) is 18.4 Å². The summed E-state index contributed by atoms with van der Waals surface area (Å²) in [6.07, 6.45) is 7.01.